The maximum atomic E-state index is 13.3. The first-order valence-electron chi connectivity index (χ1n) is 11.0. The van der Waals surface area contributed by atoms with Crippen molar-refractivity contribution in [3.8, 4) is 5.75 Å². The molecule has 36 heavy (non-hydrogen) atoms. The van der Waals surface area contributed by atoms with Gasteiger partial charge in [-0.2, -0.15) is 0 Å². The summed E-state index contributed by atoms with van der Waals surface area (Å²) in [5.41, 5.74) is 1.16. The van der Waals surface area contributed by atoms with Gasteiger partial charge in [0, 0.05) is 22.8 Å². The van der Waals surface area contributed by atoms with Gasteiger partial charge in [-0.1, -0.05) is 53.5 Å². The molecular weight excluding hydrogens is 505 g/mol. The Hall–Kier alpha value is -3.36. The highest BCUT2D eigenvalue weighted by Gasteiger charge is 2.47. The van der Waals surface area contributed by atoms with Crippen molar-refractivity contribution in [3.05, 3.63) is 99.5 Å². The quantitative estimate of drug-likeness (QED) is 0.128. The first-order chi connectivity index (χ1) is 17.4. The molecule has 1 unspecified atom stereocenters. The molecule has 9 heteroatoms. The van der Waals surface area contributed by atoms with Crippen molar-refractivity contribution in [3.63, 3.8) is 0 Å². The van der Waals surface area contributed by atoms with Crippen LogP contribution in [0.25, 0.3) is 5.76 Å². The summed E-state index contributed by atoms with van der Waals surface area (Å²) in [5.74, 6) is -1.71. The van der Waals surface area contributed by atoms with E-state index in [1.807, 2.05) is 0 Å². The lowest BCUT2D eigenvalue weighted by Crippen LogP contribution is -2.29. The molecule has 4 rings (SSSR count). The summed E-state index contributed by atoms with van der Waals surface area (Å²) in [6.45, 7) is 0.635. The number of amides is 1. The molecule has 0 bridgehead atoms. The van der Waals surface area contributed by atoms with E-state index in [0.717, 1.165) is 0 Å². The lowest BCUT2D eigenvalue weighted by Gasteiger charge is -2.25. The molecule has 1 saturated heterocycles. The molecule has 1 atom stereocenters. The summed E-state index contributed by atoms with van der Waals surface area (Å²) in [7, 11) is 1.56. The molecule has 3 aromatic rings. The molecule has 3 aromatic carbocycles. The Morgan fingerprint density at radius 1 is 0.944 bits per heavy atom. The number of carbonyl (C=O) groups excluding carboxylic acids is 2. The highest BCUT2D eigenvalue weighted by Crippen LogP contribution is 2.43. The summed E-state index contributed by atoms with van der Waals surface area (Å²) >= 11 is 12.3. The third-order valence-electron chi connectivity index (χ3n) is 5.59. The van der Waals surface area contributed by atoms with E-state index >= 15 is 0 Å². The van der Waals surface area contributed by atoms with Crippen LogP contribution in [0.5, 0.6) is 5.75 Å². The van der Waals surface area contributed by atoms with Gasteiger partial charge in [0.1, 0.15) is 11.5 Å². The van der Waals surface area contributed by atoms with Gasteiger partial charge < -0.3 is 19.3 Å². The van der Waals surface area contributed by atoms with Crippen molar-refractivity contribution in [2.45, 2.75) is 6.04 Å². The molecule has 1 heterocycles. The van der Waals surface area contributed by atoms with Crippen molar-refractivity contribution in [1.29, 1.82) is 0 Å². The number of anilines is 1. The first-order valence-corrected chi connectivity index (χ1v) is 11.8. The highest BCUT2D eigenvalue weighted by molar-refractivity contribution is 6.52. The largest absolute Gasteiger partial charge is 0.507 e. The molecule has 1 amide bonds. The predicted octanol–water partition coefficient (Wildman–Crippen LogP) is 5.62. The molecule has 0 spiro atoms. The third kappa shape index (κ3) is 5.39. The number of ketones is 1. The van der Waals surface area contributed by atoms with Gasteiger partial charge >= 0.3 is 0 Å². The Morgan fingerprint density at radius 3 is 2.42 bits per heavy atom. The Labute approximate surface area is 218 Å². The van der Waals surface area contributed by atoms with Crippen LogP contribution >= 0.6 is 23.2 Å². The lowest BCUT2D eigenvalue weighted by molar-refractivity contribution is -0.132. The van der Waals surface area contributed by atoms with Crippen molar-refractivity contribution in [2.24, 2.45) is 0 Å². The van der Waals surface area contributed by atoms with Crippen LogP contribution in [0.2, 0.25) is 10.0 Å². The number of Topliss-reactive ketones (excluding diaryl/α,β-unsaturated/α-hetero) is 1. The van der Waals surface area contributed by atoms with E-state index in [0.29, 0.717) is 34.5 Å². The minimum absolute atomic E-state index is 0.0846. The van der Waals surface area contributed by atoms with Crippen molar-refractivity contribution in [1.82, 2.24) is 0 Å². The molecule has 1 aliphatic rings. The third-order valence-corrected chi connectivity index (χ3v) is 6.08. The number of methoxy groups -OCH3 is 1. The molecule has 1 N–H and O–H groups in total. The van der Waals surface area contributed by atoms with Gasteiger partial charge in [0.05, 0.1) is 30.4 Å². The van der Waals surface area contributed by atoms with Gasteiger partial charge in [0.2, 0.25) is 0 Å². The second-order valence-electron chi connectivity index (χ2n) is 7.86. The molecule has 1 aliphatic heterocycles. The monoisotopic (exact) mass is 527 g/mol. The van der Waals surface area contributed by atoms with Gasteiger partial charge in [-0.3, -0.25) is 14.5 Å². The smallest absolute Gasteiger partial charge is 0.300 e. The maximum Gasteiger partial charge on any atom is 0.300 e. The SMILES string of the molecule is COCCOCOc1ccccc1C(O)=C1C(=O)C(=O)N(c2cccc(Cl)c2)C1c1ccc(Cl)cc1. The Bertz CT molecular complexity index is 1290. The molecule has 7 nitrogen and oxygen atoms in total. The van der Waals surface area contributed by atoms with Crippen molar-refractivity contribution >= 4 is 46.3 Å². The van der Waals surface area contributed by atoms with E-state index in [1.54, 1.807) is 79.9 Å². The summed E-state index contributed by atoms with van der Waals surface area (Å²) < 4.78 is 16.0. The fraction of sp³-hybridized carbons (Fsp3) is 0.185. The van der Waals surface area contributed by atoms with Gasteiger partial charge in [-0.05, 0) is 48.0 Å². The van der Waals surface area contributed by atoms with E-state index in [2.05, 4.69) is 0 Å². The summed E-state index contributed by atoms with van der Waals surface area (Å²) in [4.78, 5) is 27.9. The van der Waals surface area contributed by atoms with Crippen LogP contribution in [0, 0.1) is 0 Å². The van der Waals surface area contributed by atoms with Crippen LogP contribution in [0.15, 0.2) is 78.4 Å². The molecule has 0 aromatic heterocycles. The molecule has 186 valence electrons. The zero-order valence-corrected chi connectivity index (χ0v) is 20.8. The molecular formula is C27H23Cl2NO6. The van der Waals surface area contributed by atoms with Gasteiger partial charge in [0.15, 0.2) is 6.79 Å². The lowest BCUT2D eigenvalue weighted by atomic mass is 9.95. The number of para-hydroxylation sites is 1. The number of aliphatic hydroxyl groups excluding tert-OH is 1. The van der Waals surface area contributed by atoms with E-state index in [1.165, 1.54) is 4.90 Å². The number of rotatable bonds is 9. The minimum atomic E-state index is -0.924. The zero-order valence-electron chi connectivity index (χ0n) is 19.3. The second kappa shape index (κ2) is 11.6. The molecule has 0 radical (unpaired) electrons. The number of benzene rings is 3. The number of hydrogen-bond donors (Lipinski definition) is 1. The number of aliphatic hydroxyl groups is 1. The Morgan fingerprint density at radius 2 is 1.69 bits per heavy atom. The normalized spacial score (nSPS) is 17.0. The van der Waals surface area contributed by atoms with E-state index in [4.69, 9.17) is 37.4 Å². The second-order valence-corrected chi connectivity index (χ2v) is 8.73. The number of hydrogen-bond acceptors (Lipinski definition) is 6. The summed E-state index contributed by atoms with van der Waals surface area (Å²) in [5, 5.41) is 12.3. The number of nitrogens with zero attached hydrogens (tertiary/aromatic N) is 1. The van der Waals surface area contributed by atoms with Crippen molar-refractivity contribution < 1.29 is 28.9 Å². The van der Waals surface area contributed by atoms with Crippen LogP contribution in [0.3, 0.4) is 0 Å². The van der Waals surface area contributed by atoms with Gasteiger partial charge in [0.25, 0.3) is 11.7 Å². The number of halogens is 2. The standard InChI is InChI=1S/C27H23Cl2NO6/c1-34-13-14-35-16-36-22-8-3-2-7-21(22)25(31)23-24(17-9-11-18(28)12-10-17)30(27(33)26(23)32)20-6-4-5-19(29)15-20/h2-12,15,24,31H,13-14,16H2,1H3. The van der Waals surface area contributed by atoms with Crippen LogP contribution < -0.4 is 9.64 Å². The molecule has 0 aliphatic carbocycles. The first kappa shape index (κ1) is 25.7. The highest BCUT2D eigenvalue weighted by atomic mass is 35.5. The summed E-state index contributed by atoms with van der Waals surface area (Å²) in [6, 6.07) is 19.1. The van der Waals surface area contributed by atoms with Gasteiger partial charge in [-0.25, -0.2) is 0 Å². The molecule has 0 saturated carbocycles. The van der Waals surface area contributed by atoms with E-state index in [9.17, 15) is 14.7 Å². The maximum absolute atomic E-state index is 13.3. The number of ether oxygens (including phenoxy) is 3. The Kier molecular flexibility index (Phi) is 8.28. The topological polar surface area (TPSA) is 85.3 Å². The van der Waals surface area contributed by atoms with Crippen LogP contribution in [-0.2, 0) is 19.1 Å². The Balaban J connectivity index is 1.81. The van der Waals surface area contributed by atoms with Crippen molar-refractivity contribution in [2.75, 3.05) is 32.0 Å². The van der Waals surface area contributed by atoms with Gasteiger partial charge in [-0.15, -0.1) is 0 Å². The molecule has 1 fully saturated rings. The number of carbonyl (C=O) groups is 2. The average molecular weight is 528 g/mol. The fourth-order valence-electron chi connectivity index (χ4n) is 3.92. The van der Waals surface area contributed by atoms with Crippen LogP contribution in [0.4, 0.5) is 5.69 Å². The van der Waals surface area contributed by atoms with Crippen LogP contribution in [-0.4, -0.2) is 43.9 Å². The van der Waals surface area contributed by atoms with E-state index < -0.39 is 17.7 Å². The minimum Gasteiger partial charge on any atom is -0.507 e. The fourth-order valence-corrected chi connectivity index (χ4v) is 4.24. The van der Waals surface area contributed by atoms with E-state index in [-0.39, 0.29) is 29.4 Å². The average Bonchev–Trinajstić information content (AvgIpc) is 3.14. The van der Waals surface area contributed by atoms with Crippen LogP contribution in [0.1, 0.15) is 17.2 Å². The predicted molar refractivity (Wildman–Crippen MR) is 137 cm³/mol. The zero-order chi connectivity index (χ0) is 25.7. The summed E-state index contributed by atoms with van der Waals surface area (Å²) in [6.07, 6.45) is 0.